The molecule has 1 atom stereocenters. The Labute approximate surface area is 493 Å². The van der Waals surface area contributed by atoms with Gasteiger partial charge in [-0.05, 0) is 51.4 Å². The largest absolute Gasteiger partial charge is 0.462 e. The van der Waals surface area contributed by atoms with Gasteiger partial charge in [0, 0.05) is 19.3 Å². The van der Waals surface area contributed by atoms with Gasteiger partial charge in [0.15, 0.2) is 6.10 Å². The summed E-state index contributed by atoms with van der Waals surface area (Å²) in [4.78, 5) is 38.4. The molecular formula is C73H138O6. The van der Waals surface area contributed by atoms with E-state index in [1.54, 1.807) is 0 Å². The van der Waals surface area contributed by atoms with Crippen molar-refractivity contribution >= 4 is 17.9 Å². The maximum Gasteiger partial charge on any atom is 0.306 e. The number of carbonyl (C=O) groups excluding carboxylic acids is 3. The Morgan fingerprint density at radius 2 is 0.456 bits per heavy atom. The topological polar surface area (TPSA) is 78.9 Å². The molecule has 6 heteroatoms. The van der Waals surface area contributed by atoms with Crippen molar-refractivity contribution in [2.75, 3.05) is 13.2 Å². The van der Waals surface area contributed by atoms with Gasteiger partial charge < -0.3 is 14.2 Å². The van der Waals surface area contributed by atoms with Gasteiger partial charge >= 0.3 is 17.9 Å². The molecule has 0 fully saturated rings. The number of ether oxygens (including phenoxy) is 3. The fourth-order valence-electron chi connectivity index (χ4n) is 11.1. The van der Waals surface area contributed by atoms with Crippen molar-refractivity contribution in [1.82, 2.24) is 0 Å². The Morgan fingerprint density at radius 1 is 0.253 bits per heavy atom. The van der Waals surface area contributed by atoms with Crippen molar-refractivity contribution in [2.24, 2.45) is 0 Å². The number of carbonyl (C=O) groups is 3. The van der Waals surface area contributed by atoms with Gasteiger partial charge in [-0.25, -0.2) is 0 Å². The maximum absolute atomic E-state index is 12.9. The number of rotatable bonds is 67. The van der Waals surface area contributed by atoms with Crippen LogP contribution in [-0.4, -0.2) is 37.2 Å². The van der Waals surface area contributed by atoms with Crippen LogP contribution in [0.1, 0.15) is 406 Å². The molecule has 6 nitrogen and oxygen atoms in total. The minimum atomic E-state index is -0.765. The van der Waals surface area contributed by atoms with Crippen molar-refractivity contribution in [3.63, 3.8) is 0 Å². The normalized spacial score (nSPS) is 12.1. The third kappa shape index (κ3) is 66.6. The first-order valence-corrected chi connectivity index (χ1v) is 35.8. The van der Waals surface area contributed by atoms with Crippen LogP contribution in [0.15, 0.2) is 24.3 Å². The Bertz CT molecular complexity index is 1270. The van der Waals surface area contributed by atoms with Gasteiger partial charge in [-0.1, -0.05) is 360 Å². The second-order valence-corrected chi connectivity index (χ2v) is 24.5. The van der Waals surface area contributed by atoms with E-state index in [0.717, 1.165) is 64.2 Å². The van der Waals surface area contributed by atoms with Gasteiger partial charge in [0.05, 0.1) is 0 Å². The summed E-state index contributed by atoms with van der Waals surface area (Å²) in [7, 11) is 0. The number of esters is 3. The minimum absolute atomic E-state index is 0.0629. The average Bonchev–Trinajstić information content (AvgIpc) is 3.45. The summed E-state index contributed by atoms with van der Waals surface area (Å²) in [6, 6.07) is 0. The molecule has 79 heavy (non-hydrogen) atoms. The summed E-state index contributed by atoms with van der Waals surface area (Å²) in [6.07, 6.45) is 83.6. The lowest BCUT2D eigenvalue weighted by molar-refractivity contribution is -0.167. The van der Waals surface area contributed by atoms with Crippen molar-refractivity contribution in [2.45, 2.75) is 412 Å². The van der Waals surface area contributed by atoms with Crippen molar-refractivity contribution in [3.8, 4) is 0 Å². The van der Waals surface area contributed by atoms with Crippen LogP contribution in [0.4, 0.5) is 0 Å². The third-order valence-corrected chi connectivity index (χ3v) is 16.5. The molecule has 0 amide bonds. The molecule has 0 aromatic carbocycles. The van der Waals surface area contributed by atoms with E-state index >= 15 is 0 Å². The Kier molecular flexibility index (Phi) is 66.6. The quantitative estimate of drug-likeness (QED) is 0.0261. The van der Waals surface area contributed by atoms with Gasteiger partial charge in [-0.2, -0.15) is 0 Å². The minimum Gasteiger partial charge on any atom is -0.462 e. The molecule has 0 aliphatic heterocycles. The fraction of sp³-hybridized carbons (Fsp3) is 0.904. The molecule has 0 saturated carbocycles. The standard InChI is InChI=1S/C73H138O6/c1-4-7-10-13-16-19-22-25-27-29-30-31-32-33-34-35-36-37-38-39-40-41-42-44-45-48-51-54-57-60-63-66-72(75)78-69-70(68-77-71(74)65-62-59-56-53-50-47-24-21-18-15-12-9-6-3)79-73(76)67-64-61-58-55-52-49-46-43-28-26-23-20-17-14-11-8-5-2/h22,25,29-30,70H,4-21,23-24,26-28,31-69H2,1-3H3/b25-22-,30-29-. The average molecular weight is 1110 g/mol. The number of hydrogen-bond acceptors (Lipinski definition) is 6. The highest BCUT2D eigenvalue weighted by Gasteiger charge is 2.19. The lowest BCUT2D eigenvalue weighted by Crippen LogP contribution is -2.30. The van der Waals surface area contributed by atoms with Crippen LogP contribution in [0, 0.1) is 0 Å². The van der Waals surface area contributed by atoms with Crippen LogP contribution in [-0.2, 0) is 28.6 Å². The molecule has 0 heterocycles. The molecular weight excluding hydrogens is 973 g/mol. The monoisotopic (exact) mass is 1110 g/mol. The summed E-state index contributed by atoms with van der Waals surface area (Å²) >= 11 is 0. The lowest BCUT2D eigenvalue weighted by atomic mass is 10.0. The predicted octanol–water partition coefficient (Wildman–Crippen LogP) is 24.6. The number of unbranched alkanes of at least 4 members (excludes halogenated alkanes) is 52. The van der Waals surface area contributed by atoms with E-state index in [9.17, 15) is 14.4 Å². The summed E-state index contributed by atoms with van der Waals surface area (Å²) in [5.41, 5.74) is 0. The SMILES string of the molecule is CCCCCCC/C=C\C/C=C\CCCCCCCCCCCCCCCCCCCCCC(=O)OCC(COC(=O)CCCCCCCCCCCCCCC)OC(=O)CCCCCCCCCCCCCCCCCCC. The van der Waals surface area contributed by atoms with E-state index < -0.39 is 6.10 Å². The van der Waals surface area contributed by atoms with E-state index in [4.69, 9.17) is 14.2 Å². The predicted molar refractivity (Wildman–Crippen MR) is 344 cm³/mol. The second kappa shape index (κ2) is 68.4. The molecule has 0 aliphatic carbocycles. The Balaban J connectivity index is 4.12. The van der Waals surface area contributed by atoms with E-state index in [1.807, 2.05) is 0 Å². The highest BCUT2D eigenvalue weighted by Crippen LogP contribution is 2.19. The molecule has 0 aliphatic rings. The smallest absolute Gasteiger partial charge is 0.306 e. The second-order valence-electron chi connectivity index (χ2n) is 24.5. The van der Waals surface area contributed by atoms with E-state index in [0.29, 0.717) is 19.3 Å². The lowest BCUT2D eigenvalue weighted by Gasteiger charge is -2.18. The van der Waals surface area contributed by atoms with Crippen LogP contribution in [0.2, 0.25) is 0 Å². The van der Waals surface area contributed by atoms with Gasteiger partial charge in [0.2, 0.25) is 0 Å². The number of hydrogen-bond donors (Lipinski definition) is 0. The first kappa shape index (κ1) is 76.9. The molecule has 0 aromatic heterocycles. The Hall–Kier alpha value is -2.11. The first-order valence-electron chi connectivity index (χ1n) is 35.8. The molecule has 1 unspecified atom stereocenters. The zero-order chi connectivity index (χ0) is 57.1. The molecule has 0 rings (SSSR count). The summed E-state index contributed by atoms with van der Waals surface area (Å²) in [6.45, 7) is 6.71. The Morgan fingerprint density at radius 3 is 0.696 bits per heavy atom. The van der Waals surface area contributed by atoms with Crippen LogP contribution in [0.5, 0.6) is 0 Å². The fourth-order valence-corrected chi connectivity index (χ4v) is 11.1. The third-order valence-electron chi connectivity index (χ3n) is 16.5. The van der Waals surface area contributed by atoms with Crippen molar-refractivity contribution in [3.05, 3.63) is 24.3 Å². The van der Waals surface area contributed by atoms with E-state index in [1.165, 1.54) is 302 Å². The molecule has 0 aromatic rings. The molecule has 0 saturated heterocycles. The maximum atomic E-state index is 12.9. The van der Waals surface area contributed by atoms with Gasteiger partial charge in [0.25, 0.3) is 0 Å². The molecule has 0 bridgehead atoms. The number of allylic oxidation sites excluding steroid dienone is 4. The van der Waals surface area contributed by atoms with Crippen molar-refractivity contribution < 1.29 is 28.6 Å². The molecule has 466 valence electrons. The summed E-state index contributed by atoms with van der Waals surface area (Å²) < 4.78 is 17.0. The summed E-state index contributed by atoms with van der Waals surface area (Å²) in [5.74, 6) is -0.828. The highest BCUT2D eigenvalue weighted by molar-refractivity contribution is 5.71. The first-order chi connectivity index (χ1) is 39.0. The van der Waals surface area contributed by atoms with Crippen molar-refractivity contribution in [1.29, 1.82) is 0 Å². The van der Waals surface area contributed by atoms with Gasteiger partial charge in [-0.15, -0.1) is 0 Å². The van der Waals surface area contributed by atoms with E-state index in [-0.39, 0.29) is 31.1 Å². The molecule has 0 N–H and O–H groups in total. The zero-order valence-electron chi connectivity index (χ0n) is 53.7. The van der Waals surface area contributed by atoms with Crippen LogP contribution < -0.4 is 0 Å². The highest BCUT2D eigenvalue weighted by atomic mass is 16.6. The molecule has 0 radical (unpaired) electrons. The van der Waals surface area contributed by atoms with E-state index in [2.05, 4.69) is 45.1 Å². The zero-order valence-corrected chi connectivity index (χ0v) is 53.7. The van der Waals surface area contributed by atoms with Gasteiger partial charge in [-0.3, -0.25) is 14.4 Å². The molecule has 0 spiro atoms. The van der Waals surface area contributed by atoms with Crippen LogP contribution in [0.3, 0.4) is 0 Å². The summed E-state index contributed by atoms with van der Waals surface area (Å²) in [5, 5.41) is 0. The van der Waals surface area contributed by atoms with Gasteiger partial charge in [0.1, 0.15) is 13.2 Å². The van der Waals surface area contributed by atoms with Crippen LogP contribution >= 0.6 is 0 Å². The van der Waals surface area contributed by atoms with Crippen LogP contribution in [0.25, 0.3) is 0 Å².